The second-order valence-electron chi connectivity index (χ2n) is 4.36. The number of nitrogen functional groups attached to an aromatic ring is 1. The number of aromatic nitrogens is 1. The number of hydrogen-bond donors (Lipinski definition) is 1. The third-order valence-corrected chi connectivity index (χ3v) is 3.03. The molecule has 3 nitrogen and oxygen atoms in total. The Morgan fingerprint density at radius 1 is 1.17 bits per heavy atom. The SMILES string of the molecule is COc1ccc(C)cc1CCc1cccnc1N. The average molecular weight is 242 g/mol. The van der Waals surface area contributed by atoms with Crippen LogP contribution in [0, 0.1) is 6.92 Å². The first-order valence-electron chi connectivity index (χ1n) is 6.03. The van der Waals surface area contributed by atoms with Gasteiger partial charge < -0.3 is 10.5 Å². The second-order valence-corrected chi connectivity index (χ2v) is 4.36. The second kappa shape index (κ2) is 5.54. The molecule has 94 valence electrons. The predicted octanol–water partition coefficient (Wildman–Crippen LogP) is 2.77. The number of methoxy groups -OCH3 is 1. The van der Waals surface area contributed by atoms with Crippen LogP contribution in [0.15, 0.2) is 36.5 Å². The zero-order chi connectivity index (χ0) is 13.0. The Balaban J connectivity index is 2.15. The van der Waals surface area contributed by atoms with Crippen molar-refractivity contribution in [2.75, 3.05) is 12.8 Å². The van der Waals surface area contributed by atoms with Gasteiger partial charge in [0.1, 0.15) is 11.6 Å². The van der Waals surface area contributed by atoms with E-state index in [1.807, 2.05) is 18.2 Å². The number of anilines is 1. The van der Waals surface area contributed by atoms with Gasteiger partial charge in [-0.2, -0.15) is 0 Å². The number of nitrogens with two attached hydrogens (primary N) is 1. The zero-order valence-electron chi connectivity index (χ0n) is 10.8. The Morgan fingerprint density at radius 2 is 1.94 bits per heavy atom. The molecule has 0 saturated carbocycles. The Labute approximate surface area is 108 Å². The maximum atomic E-state index is 5.84. The molecule has 0 fully saturated rings. The number of nitrogens with zero attached hydrogens (tertiary/aromatic N) is 1. The van der Waals surface area contributed by atoms with Gasteiger partial charge in [0, 0.05) is 6.20 Å². The number of rotatable bonds is 4. The number of pyridine rings is 1. The molecule has 1 heterocycles. The van der Waals surface area contributed by atoms with Crippen LogP contribution in [-0.2, 0) is 12.8 Å². The first-order chi connectivity index (χ1) is 8.70. The van der Waals surface area contributed by atoms with Crippen LogP contribution in [0.25, 0.3) is 0 Å². The minimum atomic E-state index is 0.615. The van der Waals surface area contributed by atoms with Gasteiger partial charge in [-0.25, -0.2) is 4.98 Å². The molecule has 3 heteroatoms. The summed E-state index contributed by atoms with van der Waals surface area (Å²) < 4.78 is 5.37. The topological polar surface area (TPSA) is 48.1 Å². The van der Waals surface area contributed by atoms with Crippen molar-refractivity contribution in [1.82, 2.24) is 4.98 Å². The van der Waals surface area contributed by atoms with Gasteiger partial charge in [-0.15, -0.1) is 0 Å². The van der Waals surface area contributed by atoms with Gasteiger partial charge in [0.15, 0.2) is 0 Å². The van der Waals surface area contributed by atoms with Crippen LogP contribution in [0.4, 0.5) is 5.82 Å². The molecule has 0 radical (unpaired) electrons. The largest absolute Gasteiger partial charge is 0.496 e. The van der Waals surface area contributed by atoms with E-state index in [-0.39, 0.29) is 0 Å². The van der Waals surface area contributed by atoms with Gasteiger partial charge in [-0.3, -0.25) is 0 Å². The number of aryl methyl sites for hydroxylation is 3. The molecule has 1 aromatic carbocycles. The van der Waals surface area contributed by atoms with Gasteiger partial charge in [-0.1, -0.05) is 23.8 Å². The van der Waals surface area contributed by atoms with Crippen molar-refractivity contribution in [3.8, 4) is 5.75 Å². The zero-order valence-corrected chi connectivity index (χ0v) is 10.8. The van der Waals surface area contributed by atoms with Gasteiger partial charge in [0.05, 0.1) is 7.11 Å². The summed E-state index contributed by atoms with van der Waals surface area (Å²) in [5.41, 5.74) is 9.38. The average Bonchev–Trinajstić information content (AvgIpc) is 2.38. The molecule has 0 aliphatic rings. The van der Waals surface area contributed by atoms with E-state index in [0.717, 1.165) is 24.2 Å². The molecule has 0 unspecified atom stereocenters. The van der Waals surface area contributed by atoms with Crippen LogP contribution in [0.5, 0.6) is 5.75 Å². The summed E-state index contributed by atoms with van der Waals surface area (Å²) in [6.07, 6.45) is 3.49. The van der Waals surface area contributed by atoms with Crippen LogP contribution in [0.3, 0.4) is 0 Å². The van der Waals surface area contributed by atoms with Crippen LogP contribution in [0.1, 0.15) is 16.7 Å². The van der Waals surface area contributed by atoms with Crippen LogP contribution in [0.2, 0.25) is 0 Å². The lowest BCUT2D eigenvalue weighted by Crippen LogP contribution is -2.00. The van der Waals surface area contributed by atoms with E-state index < -0.39 is 0 Å². The minimum Gasteiger partial charge on any atom is -0.496 e. The molecular weight excluding hydrogens is 224 g/mol. The van der Waals surface area contributed by atoms with Gasteiger partial charge >= 0.3 is 0 Å². The fourth-order valence-electron chi connectivity index (χ4n) is 2.03. The van der Waals surface area contributed by atoms with E-state index in [2.05, 4.69) is 24.0 Å². The summed E-state index contributed by atoms with van der Waals surface area (Å²) >= 11 is 0. The summed E-state index contributed by atoms with van der Waals surface area (Å²) in [6, 6.07) is 10.2. The maximum Gasteiger partial charge on any atom is 0.126 e. The molecule has 2 rings (SSSR count). The lowest BCUT2D eigenvalue weighted by molar-refractivity contribution is 0.409. The van der Waals surface area contributed by atoms with Crippen molar-refractivity contribution in [2.24, 2.45) is 0 Å². The Hall–Kier alpha value is -2.03. The highest BCUT2D eigenvalue weighted by Gasteiger charge is 2.05. The third kappa shape index (κ3) is 2.80. The fraction of sp³-hybridized carbons (Fsp3) is 0.267. The molecule has 0 bridgehead atoms. The molecule has 0 aliphatic carbocycles. The quantitative estimate of drug-likeness (QED) is 0.896. The van der Waals surface area contributed by atoms with Gasteiger partial charge in [0.2, 0.25) is 0 Å². The van der Waals surface area contributed by atoms with E-state index in [1.165, 1.54) is 11.1 Å². The van der Waals surface area contributed by atoms with Crippen molar-refractivity contribution in [2.45, 2.75) is 19.8 Å². The Kier molecular flexibility index (Phi) is 3.82. The Bertz CT molecular complexity index is 538. The monoisotopic (exact) mass is 242 g/mol. The molecule has 1 aromatic heterocycles. The van der Waals surface area contributed by atoms with Gasteiger partial charge in [-0.05, 0) is 43.0 Å². The highest BCUT2D eigenvalue weighted by molar-refractivity contribution is 5.41. The van der Waals surface area contributed by atoms with Crippen molar-refractivity contribution < 1.29 is 4.74 Å². The number of hydrogen-bond acceptors (Lipinski definition) is 3. The molecule has 0 atom stereocenters. The molecule has 0 saturated heterocycles. The number of benzene rings is 1. The summed E-state index contributed by atoms with van der Waals surface area (Å²) in [6.45, 7) is 2.08. The van der Waals surface area contributed by atoms with Crippen molar-refractivity contribution in [1.29, 1.82) is 0 Å². The molecule has 2 aromatic rings. The van der Waals surface area contributed by atoms with Crippen molar-refractivity contribution >= 4 is 5.82 Å². The highest BCUT2D eigenvalue weighted by atomic mass is 16.5. The molecular formula is C15H18N2O. The third-order valence-electron chi connectivity index (χ3n) is 3.03. The number of ether oxygens (including phenoxy) is 1. The first-order valence-corrected chi connectivity index (χ1v) is 6.03. The molecule has 18 heavy (non-hydrogen) atoms. The fourth-order valence-corrected chi connectivity index (χ4v) is 2.03. The smallest absolute Gasteiger partial charge is 0.126 e. The molecule has 0 spiro atoms. The van der Waals surface area contributed by atoms with Gasteiger partial charge in [0.25, 0.3) is 0 Å². The Morgan fingerprint density at radius 3 is 2.67 bits per heavy atom. The lowest BCUT2D eigenvalue weighted by atomic mass is 10.0. The van der Waals surface area contributed by atoms with E-state index in [1.54, 1.807) is 13.3 Å². The standard InChI is InChI=1S/C15H18N2O/c1-11-5-8-14(18-2)13(10-11)7-6-12-4-3-9-17-15(12)16/h3-5,8-10H,6-7H2,1-2H3,(H2,16,17). The molecule has 2 N–H and O–H groups in total. The summed E-state index contributed by atoms with van der Waals surface area (Å²) in [5, 5.41) is 0. The van der Waals surface area contributed by atoms with Crippen LogP contribution >= 0.6 is 0 Å². The summed E-state index contributed by atoms with van der Waals surface area (Å²) in [4.78, 5) is 4.10. The maximum absolute atomic E-state index is 5.84. The van der Waals surface area contributed by atoms with E-state index >= 15 is 0 Å². The van der Waals surface area contributed by atoms with E-state index in [9.17, 15) is 0 Å². The predicted molar refractivity (Wildman–Crippen MR) is 73.8 cm³/mol. The van der Waals surface area contributed by atoms with E-state index in [4.69, 9.17) is 10.5 Å². The first kappa shape index (κ1) is 12.4. The highest BCUT2D eigenvalue weighted by Crippen LogP contribution is 2.22. The summed E-state index contributed by atoms with van der Waals surface area (Å²) in [5.74, 6) is 1.55. The van der Waals surface area contributed by atoms with Crippen LogP contribution in [-0.4, -0.2) is 12.1 Å². The normalized spacial score (nSPS) is 10.3. The van der Waals surface area contributed by atoms with E-state index in [0.29, 0.717) is 5.82 Å². The van der Waals surface area contributed by atoms with Crippen molar-refractivity contribution in [3.05, 3.63) is 53.2 Å². The molecule has 0 amide bonds. The summed E-state index contributed by atoms with van der Waals surface area (Å²) in [7, 11) is 1.70. The van der Waals surface area contributed by atoms with Crippen molar-refractivity contribution in [3.63, 3.8) is 0 Å². The molecule has 0 aliphatic heterocycles. The van der Waals surface area contributed by atoms with Crippen LogP contribution < -0.4 is 10.5 Å². The lowest BCUT2D eigenvalue weighted by Gasteiger charge is -2.10. The minimum absolute atomic E-state index is 0.615.